The van der Waals surface area contributed by atoms with Crippen molar-refractivity contribution < 1.29 is 36.3 Å². The summed E-state index contributed by atoms with van der Waals surface area (Å²) in [5.41, 5.74) is -1.69. The van der Waals surface area contributed by atoms with Crippen LogP contribution in [0.15, 0.2) is 54.6 Å². The fourth-order valence-corrected chi connectivity index (χ4v) is 5.10. The number of amides is 3. The van der Waals surface area contributed by atoms with Gasteiger partial charge in [0.05, 0.1) is 27.8 Å². The number of rotatable bonds is 6. The summed E-state index contributed by atoms with van der Waals surface area (Å²) in [5, 5.41) is 7.35. The molecule has 3 amide bonds. The molecule has 2 atom stereocenters. The van der Waals surface area contributed by atoms with Gasteiger partial charge in [-0.05, 0) is 54.1 Å². The lowest BCUT2D eigenvalue weighted by Gasteiger charge is -2.12. The van der Waals surface area contributed by atoms with Crippen molar-refractivity contribution in [3.8, 4) is 0 Å². The molecule has 0 unspecified atom stereocenters. The molecule has 40 heavy (non-hydrogen) atoms. The van der Waals surface area contributed by atoms with E-state index in [0.717, 1.165) is 18.2 Å². The number of nitrogens with one attached hydrogen (secondary N) is 3. The number of anilines is 3. The van der Waals surface area contributed by atoms with Gasteiger partial charge >= 0.3 is 6.18 Å². The van der Waals surface area contributed by atoms with E-state index in [9.17, 15) is 36.3 Å². The third-order valence-electron chi connectivity index (χ3n) is 6.01. The van der Waals surface area contributed by atoms with E-state index in [1.807, 2.05) is 0 Å². The Labute approximate surface area is 238 Å². The molecule has 3 N–H and O–H groups in total. The second-order valence-electron chi connectivity index (χ2n) is 8.88. The van der Waals surface area contributed by atoms with Gasteiger partial charge in [-0.15, -0.1) is 23.2 Å². The molecule has 0 spiro atoms. The maximum atomic E-state index is 14.5. The normalized spacial score (nSPS) is 17.6. The van der Waals surface area contributed by atoms with Crippen molar-refractivity contribution in [1.82, 2.24) is 0 Å². The molecule has 1 fully saturated rings. The van der Waals surface area contributed by atoms with Crippen LogP contribution in [-0.4, -0.2) is 22.1 Å². The number of alkyl halides is 5. The van der Waals surface area contributed by atoms with Crippen LogP contribution in [-0.2, 0) is 15.8 Å². The van der Waals surface area contributed by atoms with Crippen molar-refractivity contribution in [1.29, 1.82) is 0 Å². The van der Waals surface area contributed by atoms with Crippen LogP contribution in [0, 0.1) is 17.6 Å². The number of carbonyl (C=O) groups is 3. The second kappa shape index (κ2) is 10.9. The van der Waals surface area contributed by atoms with E-state index in [4.69, 9.17) is 34.8 Å². The van der Waals surface area contributed by atoms with Crippen molar-refractivity contribution in [3.63, 3.8) is 0 Å². The average molecular weight is 621 g/mol. The molecule has 4 rings (SSSR count). The fraction of sp³-hybridized carbons (Fsp3) is 0.192. The largest absolute Gasteiger partial charge is 0.419 e. The molecule has 0 aromatic heterocycles. The lowest BCUT2D eigenvalue weighted by atomic mass is 10.0. The summed E-state index contributed by atoms with van der Waals surface area (Å²) in [7, 11) is 0. The van der Waals surface area contributed by atoms with E-state index < -0.39 is 57.3 Å². The summed E-state index contributed by atoms with van der Waals surface area (Å²) in [4.78, 5) is 36.7. The second-order valence-corrected chi connectivity index (χ2v) is 10.7. The van der Waals surface area contributed by atoms with Crippen LogP contribution in [0.1, 0.15) is 34.3 Å². The van der Waals surface area contributed by atoms with E-state index in [2.05, 4.69) is 16.0 Å². The van der Waals surface area contributed by atoms with Crippen molar-refractivity contribution in [2.75, 3.05) is 16.0 Å². The van der Waals surface area contributed by atoms with Gasteiger partial charge in [-0.3, -0.25) is 14.4 Å². The predicted molar refractivity (Wildman–Crippen MR) is 141 cm³/mol. The number of hydrogen-bond acceptors (Lipinski definition) is 3. The molecular formula is C26H17Cl3F5N3O3. The van der Waals surface area contributed by atoms with Crippen molar-refractivity contribution in [3.05, 3.63) is 87.9 Å². The highest BCUT2D eigenvalue weighted by molar-refractivity contribution is 6.53. The smallest absolute Gasteiger partial charge is 0.326 e. The Kier molecular flexibility index (Phi) is 8.04. The zero-order valence-corrected chi connectivity index (χ0v) is 22.4. The van der Waals surface area contributed by atoms with Gasteiger partial charge in [0.1, 0.15) is 16.0 Å². The van der Waals surface area contributed by atoms with Gasteiger partial charge < -0.3 is 16.0 Å². The Morgan fingerprint density at radius 1 is 0.850 bits per heavy atom. The van der Waals surface area contributed by atoms with E-state index >= 15 is 0 Å². The molecule has 14 heteroatoms. The summed E-state index contributed by atoms with van der Waals surface area (Å²) in [6.07, 6.45) is -4.96. The Morgan fingerprint density at radius 2 is 1.50 bits per heavy atom. The van der Waals surface area contributed by atoms with Crippen LogP contribution in [0.25, 0.3) is 0 Å². The lowest BCUT2D eigenvalue weighted by molar-refractivity contribution is -0.140. The zero-order valence-electron chi connectivity index (χ0n) is 20.1. The Bertz CT molecular complexity index is 1530. The monoisotopic (exact) mass is 619 g/mol. The Morgan fingerprint density at radius 3 is 2.12 bits per heavy atom. The molecule has 0 radical (unpaired) electrons. The van der Waals surface area contributed by atoms with E-state index in [-0.39, 0.29) is 33.2 Å². The summed E-state index contributed by atoms with van der Waals surface area (Å²) < 4.78 is 65.8. The van der Waals surface area contributed by atoms with Gasteiger partial charge in [0.15, 0.2) is 0 Å². The minimum Gasteiger partial charge on any atom is -0.326 e. The molecular weight excluding hydrogens is 604 g/mol. The summed E-state index contributed by atoms with van der Waals surface area (Å²) >= 11 is 18.6. The van der Waals surface area contributed by atoms with E-state index in [1.54, 1.807) is 0 Å². The molecule has 3 aromatic carbocycles. The summed E-state index contributed by atoms with van der Waals surface area (Å²) in [6, 6.07) is 9.67. The molecule has 210 valence electrons. The van der Waals surface area contributed by atoms with E-state index in [1.165, 1.54) is 31.2 Å². The maximum absolute atomic E-state index is 14.5. The number of carbonyl (C=O) groups excluding carboxylic acids is 3. The molecule has 0 aliphatic heterocycles. The number of hydrogen-bond donors (Lipinski definition) is 3. The highest BCUT2D eigenvalue weighted by Gasteiger charge is 2.67. The van der Waals surface area contributed by atoms with Crippen molar-refractivity contribution >= 4 is 69.6 Å². The predicted octanol–water partition coefficient (Wildman–Crippen LogP) is 7.37. The van der Waals surface area contributed by atoms with Crippen LogP contribution in [0.4, 0.5) is 39.0 Å². The highest BCUT2D eigenvalue weighted by Crippen LogP contribution is 2.65. The number of benzene rings is 3. The third-order valence-corrected chi connectivity index (χ3v) is 7.28. The molecule has 1 aliphatic rings. The first-order chi connectivity index (χ1) is 18.6. The lowest BCUT2D eigenvalue weighted by Crippen LogP contribution is -2.18. The minimum atomic E-state index is -4.96. The first-order valence-electron chi connectivity index (χ1n) is 11.3. The molecule has 3 aromatic rings. The molecule has 6 nitrogen and oxygen atoms in total. The van der Waals surface area contributed by atoms with Gasteiger partial charge in [0.2, 0.25) is 11.8 Å². The van der Waals surface area contributed by atoms with Crippen LogP contribution >= 0.6 is 34.8 Å². The van der Waals surface area contributed by atoms with E-state index in [0.29, 0.717) is 12.1 Å². The van der Waals surface area contributed by atoms with Crippen molar-refractivity contribution in [2.24, 2.45) is 5.92 Å². The van der Waals surface area contributed by atoms with Gasteiger partial charge in [0.25, 0.3) is 5.91 Å². The Balaban J connectivity index is 1.50. The van der Waals surface area contributed by atoms with Crippen LogP contribution in [0.3, 0.4) is 0 Å². The van der Waals surface area contributed by atoms with Gasteiger partial charge in [-0.2, -0.15) is 13.2 Å². The quantitative estimate of drug-likeness (QED) is 0.199. The van der Waals surface area contributed by atoms with Crippen LogP contribution in [0.2, 0.25) is 5.02 Å². The minimum absolute atomic E-state index is 0.00138. The SMILES string of the molecule is CC(=O)Nc1ccc(C(=O)Nc2cc(NC(=O)[C@H]3[C@H](c4ccc(F)c(C(F)(F)F)c4)C3(Cl)Cl)ccc2Cl)c(F)c1. The number of halogens is 8. The average Bonchev–Trinajstić information content (AvgIpc) is 3.42. The fourth-order valence-electron chi connectivity index (χ4n) is 4.11. The first-order valence-corrected chi connectivity index (χ1v) is 12.5. The molecule has 1 saturated carbocycles. The first kappa shape index (κ1) is 29.6. The van der Waals surface area contributed by atoms with Crippen LogP contribution < -0.4 is 16.0 Å². The molecule has 1 aliphatic carbocycles. The summed E-state index contributed by atoms with van der Waals surface area (Å²) in [5.74, 6) is -6.71. The van der Waals surface area contributed by atoms with Crippen molar-refractivity contribution in [2.45, 2.75) is 23.4 Å². The highest BCUT2D eigenvalue weighted by atomic mass is 35.5. The molecule has 0 heterocycles. The topological polar surface area (TPSA) is 87.3 Å². The van der Waals surface area contributed by atoms with Gasteiger partial charge in [0, 0.05) is 24.2 Å². The third kappa shape index (κ3) is 6.16. The Hall–Kier alpha value is -3.41. The van der Waals surface area contributed by atoms with Crippen LogP contribution in [0.5, 0.6) is 0 Å². The standard InChI is InChI=1S/C26H17Cl3F5N3O3/c1-11(38)35-13-3-5-15(19(31)9-13)23(39)37-20-10-14(4-6-17(20)27)36-24(40)22-21(25(22,28)29)12-2-7-18(30)16(8-12)26(32,33)34/h2-10,21-22H,1H3,(H,35,38)(H,36,40)(H,37,39)/t21-,22+/m0/s1. The maximum Gasteiger partial charge on any atom is 0.419 e. The molecule has 0 saturated heterocycles. The zero-order chi connectivity index (χ0) is 29.6. The summed E-state index contributed by atoms with van der Waals surface area (Å²) in [6.45, 7) is 1.24. The van der Waals surface area contributed by atoms with Gasteiger partial charge in [-0.1, -0.05) is 17.7 Å². The van der Waals surface area contributed by atoms with Gasteiger partial charge in [-0.25, -0.2) is 8.78 Å². The molecule has 0 bridgehead atoms.